The number of rotatable bonds is 7. The second kappa shape index (κ2) is 16.4. The van der Waals surface area contributed by atoms with Crippen LogP contribution < -0.4 is 0 Å². The summed E-state index contributed by atoms with van der Waals surface area (Å²) in [5, 5.41) is 10.4. The van der Waals surface area contributed by atoms with Gasteiger partial charge in [-0.05, 0) is 143 Å². The second-order valence-electron chi connectivity index (χ2n) is 17.3. The fourth-order valence-electron chi connectivity index (χ4n) is 9.74. The summed E-state index contributed by atoms with van der Waals surface area (Å²) in [5.74, 6) is 1.78. The Morgan fingerprint density at radius 3 is 1.60 bits per heavy atom. The Kier molecular flexibility index (Phi) is 9.43. The Bertz CT molecular complexity index is 4000. The van der Waals surface area contributed by atoms with E-state index >= 15 is 0 Å². The molecule has 3 heterocycles. The first kappa shape index (κ1) is 39.2. The minimum absolute atomic E-state index is 0.571. The summed E-state index contributed by atoms with van der Waals surface area (Å²) in [4.78, 5) is 25.6. The van der Waals surface area contributed by atoms with Gasteiger partial charge in [-0.3, -0.25) is 9.97 Å². The molecule has 0 unspecified atom stereocenters. The van der Waals surface area contributed by atoms with Gasteiger partial charge in [0.1, 0.15) is 0 Å². The molecule has 0 radical (unpaired) electrons. The predicted molar refractivity (Wildman–Crippen MR) is 281 cm³/mol. The van der Waals surface area contributed by atoms with E-state index in [0.717, 1.165) is 93.4 Å². The van der Waals surface area contributed by atoms with Crippen LogP contribution in [0, 0.1) is 0 Å². The molecule has 0 spiro atoms. The highest BCUT2D eigenvalue weighted by Crippen LogP contribution is 2.41. The molecule has 3 aromatic heterocycles. The first-order valence-electron chi connectivity index (χ1n) is 22.9. The number of hydrogen-bond donors (Lipinski definition) is 0. The van der Waals surface area contributed by atoms with E-state index in [1.54, 1.807) is 0 Å². The highest BCUT2D eigenvalue weighted by atomic mass is 15.0. The van der Waals surface area contributed by atoms with E-state index in [2.05, 4.69) is 223 Å². The van der Waals surface area contributed by atoms with Crippen molar-refractivity contribution in [1.29, 1.82) is 0 Å². The van der Waals surface area contributed by atoms with Gasteiger partial charge < -0.3 is 0 Å². The smallest absolute Gasteiger partial charge is 0.164 e. The van der Waals surface area contributed by atoms with Gasteiger partial charge in [0.05, 0.1) is 11.2 Å². The number of pyridine rings is 2. The SMILES string of the molecule is c1ccc(-c2ccc3c(-c4cc(-c5cc(-c6cccc7ncccc67)ccn5)cc(-c5nc(-c6ccc7ccccc7c6)nc(-c6ccc7ccccc7c6)n5)c4)cc4ccccc4c3c2)cc1. The maximum Gasteiger partial charge on any atom is 0.164 e. The molecular weight excluding hydrogens is 827 g/mol. The molecule has 0 bridgehead atoms. The lowest BCUT2D eigenvalue weighted by Gasteiger charge is -2.16. The fourth-order valence-corrected chi connectivity index (χ4v) is 9.74. The quantitative estimate of drug-likeness (QED) is 0.149. The molecule has 0 fully saturated rings. The third-order valence-electron chi connectivity index (χ3n) is 13.1. The van der Waals surface area contributed by atoms with Crippen LogP contribution in [0.4, 0.5) is 0 Å². The molecule has 5 heteroatoms. The molecule has 68 heavy (non-hydrogen) atoms. The van der Waals surface area contributed by atoms with Crippen molar-refractivity contribution in [3.05, 3.63) is 237 Å². The largest absolute Gasteiger partial charge is 0.256 e. The summed E-state index contributed by atoms with van der Waals surface area (Å²) in [6.07, 6.45) is 3.75. The van der Waals surface area contributed by atoms with Crippen molar-refractivity contribution in [1.82, 2.24) is 24.9 Å². The molecule has 316 valence electrons. The van der Waals surface area contributed by atoms with Crippen molar-refractivity contribution in [3.63, 3.8) is 0 Å². The number of nitrogens with zero attached hydrogens (tertiary/aromatic N) is 5. The Labute approximate surface area is 392 Å². The number of fused-ring (bicyclic) bond motifs is 6. The molecule has 10 aromatic carbocycles. The third kappa shape index (κ3) is 7.11. The van der Waals surface area contributed by atoms with Crippen molar-refractivity contribution in [2.75, 3.05) is 0 Å². The van der Waals surface area contributed by atoms with Gasteiger partial charge in [0.2, 0.25) is 0 Å². The van der Waals surface area contributed by atoms with E-state index in [1.807, 2.05) is 18.5 Å². The Morgan fingerprint density at radius 1 is 0.235 bits per heavy atom. The Hall–Kier alpha value is -9.19. The summed E-state index contributed by atoms with van der Waals surface area (Å²) in [5.41, 5.74) is 12.1. The van der Waals surface area contributed by atoms with Crippen LogP contribution >= 0.6 is 0 Å². The van der Waals surface area contributed by atoms with E-state index in [-0.39, 0.29) is 0 Å². The fraction of sp³-hybridized carbons (Fsp3) is 0. The van der Waals surface area contributed by atoms with Gasteiger partial charge in [-0.25, -0.2) is 15.0 Å². The average molecular weight is 866 g/mol. The molecule has 0 aliphatic carbocycles. The zero-order valence-electron chi connectivity index (χ0n) is 36.8. The zero-order valence-corrected chi connectivity index (χ0v) is 36.8. The van der Waals surface area contributed by atoms with Crippen molar-refractivity contribution < 1.29 is 0 Å². The molecule has 5 nitrogen and oxygen atoms in total. The lowest BCUT2D eigenvalue weighted by molar-refractivity contribution is 1.08. The number of hydrogen-bond acceptors (Lipinski definition) is 5. The summed E-state index contributed by atoms with van der Waals surface area (Å²) in [7, 11) is 0. The van der Waals surface area contributed by atoms with Crippen LogP contribution in [0.2, 0.25) is 0 Å². The minimum atomic E-state index is 0.571. The van der Waals surface area contributed by atoms with Crippen molar-refractivity contribution in [3.8, 4) is 78.8 Å². The normalized spacial score (nSPS) is 11.5. The third-order valence-corrected chi connectivity index (χ3v) is 13.1. The molecule has 0 saturated carbocycles. The van der Waals surface area contributed by atoms with Gasteiger partial charge in [-0.15, -0.1) is 0 Å². The van der Waals surface area contributed by atoms with Crippen LogP contribution in [0.5, 0.6) is 0 Å². The van der Waals surface area contributed by atoms with E-state index in [1.165, 1.54) is 21.9 Å². The van der Waals surface area contributed by atoms with Crippen LogP contribution in [0.1, 0.15) is 0 Å². The van der Waals surface area contributed by atoms with Gasteiger partial charge >= 0.3 is 0 Å². The Balaban J connectivity index is 1.06. The highest BCUT2D eigenvalue weighted by Gasteiger charge is 2.19. The van der Waals surface area contributed by atoms with Gasteiger partial charge in [-0.2, -0.15) is 0 Å². The van der Waals surface area contributed by atoms with Crippen LogP contribution in [-0.4, -0.2) is 24.9 Å². The topological polar surface area (TPSA) is 64.5 Å². The maximum atomic E-state index is 5.35. The molecule has 0 atom stereocenters. The van der Waals surface area contributed by atoms with Crippen LogP contribution in [0.3, 0.4) is 0 Å². The van der Waals surface area contributed by atoms with Crippen molar-refractivity contribution in [2.45, 2.75) is 0 Å². The standard InChI is InChI=1S/C63H39N5/c1-2-12-40(13-3-1)45-27-28-55-57(38-46-18-8-9-19-54(46)58(55)37-45)50-34-51(60-39-47(29-31-65-60)53-20-10-22-59-56(53)21-11-30-64-59)36-52(35-50)63-67-61(48-25-23-41-14-4-6-16-43(41)32-48)66-62(68-63)49-26-24-42-15-5-7-17-44(42)33-49/h1-39H. The van der Waals surface area contributed by atoms with E-state index in [9.17, 15) is 0 Å². The minimum Gasteiger partial charge on any atom is -0.256 e. The first-order valence-corrected chi connectivity index (χ1v) is 22.9. The molecule has 13 aromatic rings. The summed E-state index contributed by atoms with van der Waals surface area (Å²) >= 11 is 0. The number of benzene rings is 10. The van der Waals surface area contributed by atoms with Gasteiger partial charge in [0.15, 0.2) is 17.5 Å². The number of aromatic nitrogens is 5. The molecule has 0 N–H and O–H groups in total. The van der Waals surface area contributed by atoms with Crippen LogP contribution in [0.15, 0.2) is 237 Å². The molecular formula is C63H39N5. The summed E-state index contributed by atoms with van der Waals surface area (Å²) in [6.45, 7) is 0. The summed E-state index contributed by atoms with van der Waals surface area (Å²) < 4.78 is 0. The lowest BCUT2D eigenvalue weighted by atomic mass is 9.89. The molecule has 0 saturated heterocycles. The monoisotopic (exact) mass is 865 g/mol. The van der Waals surface area contributed by atoms with E-state index in [0.29, 0.717) is 17.5 Å². The molecule has 0 amide bonds. The predicted octanol–water partition coefficient (Wildman–Crippen LogP) is 16.1. The maximum absolute atomic E-state index is 5.35. The average Bonchev–Trinajstić information content (AvgIpc) is 3.42. The zero-order chi connectivity index (χ0) is 45.0. The second-order valence-corrected chi connectivity index (χ2v) is 17.3. The highest BCUT2D eigenvalue weighted by molar-refractivity contribution is 6.15. The van der Waals surface area contributed by atoms with Crippen LogP contribution in [-0.2, 0) is 0 Å². The van der Waals surface area contributed by atoms with Gasteiger partial charge in [0, 0.05) is 40.0 Å². The van der Waals surface area contributed by atoms with Crippen molar-refractivity contribution >= 4 is 54.0 Å². The van der Waals surface area contributed by atoms with Crippen LogP contribution in [0.25, 0.3) is 133 Å². The molecule has 0 aliphatic heterocycles. The Morgan fingerprint density at radius 2 is 0.853 bits per heavy atom. The van der Waals surface area contributed by atoms with Gasteiger partial charge in [-0.1, -0.05) is 158 Å². The lowest BCUT2D eigenvalue weighted by Crippen LogP contribution is -2.01. The summed E-state index contributed by atoms with van der Waals surface area (Å²) in [6, 6.07) is 79.4. The van der Waals surface area contributed by atoms with Gasteiger partial charge in [0.25, 0.3) is 0 Å². The molecule has 13 rings (SSSR count). The molecule has 0 aliphatic rings. The first-order chi connectivity index (χ1) is 33.6. The van der Waals surface area contributed by atoms with E-state index in [4.69, 9.17) is 19.9 Å². The van der Waals surface area contributed by atoms with E-state index < -0.39 is 0 Å². The van der Waals surface area contributed by atoms with Crippen molar-refractivity contribution in [2.24, 2.45) is 0 Å².